The molecule has 0 N–H and O–H groups in total. The van der Waals surface area contributed by atoms with E-state index in [1.54, 1.807) is 7.11 Å². The van der Waals surface area contributed by atoms with Crippen LogP contribution in [0.4, 0.5) is 0 Å². The number of para-hydroxylation sites is 1. The van der Waals surface area contributed by atoms with E-state index in [1.807, 2.05) is 52.2 Å². The molecule has 0 saturated carbocycles. The molecule has 1 aromatic heterocycles. The summed E-state index contributed by atoms with van der Waals surface area (Å²) >= 11 is 0. The summed E-state index contributed by atoms with van der Waals surface area (Å²) in [5.74, 6) is 2.02. The molecule has 5 rings (SSSR count). The second-order valence-corrected chi connectivity index (χ2v) is 8.24. The number of nitrogens with zero attached hydrogens (tertiary/aromatic N) is 4. The predicted octanol–water partition coefficient (Wildman–Crippen LogP) is 3.23. The summed E-state index contributed by atoms with van der Waals surface area (Å²) in [6.07, 6.45) is 1.83. The topological polar surface area (TPSA) is 50.6 Å². The van der Waals surface area contributed by atoms with Gasteiger partial charge in [0.2, 0.25) is 5.91 Å². The Morgan fingerprint density at radius 2 is 1.87 bits per heavy atom. The fraction of sp³-hybridized carbons (Fsp3) is 0.391. The summed E-state index contributed by atoms with van der Waals surface area (Å²) in [6.45, 7) is 2.97. The molecule has 0 aliphatic carbocycles. The minimum absolute atomic E-state index is 0. The molecular weight excluding hydrogens is 400 g/mol. The highest BCUT2D eigenvalue weighted by Gasteiger charge is 2.47. The number of carbonyl (C=O) groups excluding carboxylic acids is 1. The molecule has 7 heteroatoms. The van der Waals surface area contributed by atoms with Crippen LogP contribution in [0.5, 0.6) is 5.75 Å². The smallest absolute Gasteiger partial charge is 0.244 e. The zero-order chi connectivity index (χ0) is 20.0. The second-order valence-electron chi connectivity index (χ2n) is 8.24. The molecule has 30 heavy (non-hydrogen) atoms. The summed E-state index contributed by atoms with van der Waals surface area (Å²) in [5.41, 5.74) is 2.31. The van der Waals surface area contributed by atoms with E-state index in [2.05, 4.69) is 29.2 Å². The summed E-state index contributed by atoms with van der Waals surface area (Å²) in [4.78, 5) is 17.5. The molecule has 158 valence electrons. The lowest BCUT2D eigenvalue weighted by atomic mass is 9.89. The normalized spacial score (nSPS) is 23.4. The Morgan fingerprint density at radius 3 is 2.63 bits per heavy atom. The van der Waals surface area contributed by atoms with Crippen molar-refractivity contribution in [2.75, 3.05) is 33.8 Å². The van der Waals surface area contributed by atoms with Gasteiger partial charge in [0.05, 0.1) is 18.8 Å². The van der Waals surface area contributed by atoms with Crippen molar-refractivity contribution >= 4 is 29.2 Å². The van der Waals surface area contributed by atoms with Crippen LogP contribution >= 0.6 is 12.4 Å². The minimum atomic E-state index is 0. The molecule has 1 amide bonds. The maximum absolute atomic E-state index is 13.0. The molecule has 6 nitrogen and oxygen atoms in total. The number of ether oxygens (including phenoxy) is 1. The van der Waals surface area contributed by atoms with Gasteiger partial charge in [-0.25, -0.2) is 0 Å². The Balaban J connectivity index is 0.00000218. The van der Waals surface area contributed by atoms with Crippen LogP contribution < -0.4 is 4.74 Å². The Bertz CT molecular complexity index is 1040. The standard InChI is InChI=1S/C23H26N4O2.ClH/c1-25-12-18-13-26(14-20(18)23(25)16-7-9-19(29-2)10-8-16)22(28)15-27-21-6-4-3-5-17(21)11-24-27;/h3-11,18,20,23H,12-15H2,1-2H3;1H/t18-,20+,23+;/m0./s1. The van der Waals surface area contributed by atoms with Gasteiger partial charge in [-0.2, -0.15) is 5.10 Å². The van der Waals surface area contributed by atoms with Gasteiger partial charge in [-0.1, -0.05) is 30.3 Å². The molecule has 3 heterocycles. The Kier molecular flexibility index (Phi) is 5.71. The second kappa shape index (κ2) is 8.28. The monoisotopic (exact) mass is 426 g/mol. The van der Waals surface area contributed by atoms with Crippen molar-refractivity contribution in [3.05, 3.63) is 60.3 Å². The lowest BCUT2D eigenvalue weighted by molar-refractivity contribution is -0.131. The number of likely N-dealkylation sites (tertiary alicyclic amines) is 2. The molecule has 2 fully saturated rings. The van der Waals surface area contributed by atoms with E-state index in [0.717, 1.165) is 36.3 Å². The van der Waals surface area contributed by atoms with Crippen LogP contribution in [-0.4, -0.2) is 59.3 Å². The zero-order valence-electron chi connectivity index (χ0n) is 17.3. The van der Waals surface area contributed by atoms with Gasteiger partial charge >= 0.3 is 0 Å². The molecule has 2 aromatic carbocycles. The number of aromatic nitrogens is 2. The number of methoxy groups -OCH3 is 1. The molecule has 3 atom stereocenters. The fourth-order valence-electron chi connectivity index (χ4n) is 5.14. The van der Waals surface area contributed by atoms with Crippen molar-refractivity contribution in [1.29, 1.82) is 0 Å². The van der Waals surface area contributed by atoms with E-state index in [-0.39, 0.29) is 18.3 Å². The number of hydrogen-bond donors (Lipinski definition) is 0. The lowest BCUT2D eigenvalue weighted by Gasteiger charge is -2.27. The largest absolute Gasteiger partial charge is 0.497 e. The highest BCUT2D eigenvalue weighted by Crippen LogP contribution is 2.44. The van der Waals surface area contributed by atoms with Gasteiger partial charge in [0.1, 0.15) is 12.3 Å². The molecule has 0 bridgehead atoms. The number of amides is 1. The van der Waals surface area contributed by atoms with Gasteiger partial charge in [-0.15, -0.1) is 12.4 Å². The molecule has 3 aromatic rings. The van der Waals surface area contributed by atoms with Gasteiger partial charge in [0, 0.05) is 37.0 Å². The third-order valence-electron chi connectivity index (χ3n) is 6.54. The maximum Gasteiger partial charge on any atom is 0.244 e. The highest BCUT2D eigenvalue weighted by molar-refractivity contribution is 5.85. The summed E-state index contributed by atoms with van der Waals surface area (Å²) in [5, 5.41) is 5.49. The number of hydrogen-bond acceptors (Lipinski definition) is 4. The fourth-order valence-corrected chi connectivity index (χ4v) is 5.14. The van der Waals surface area contributed by atoms with E-state index in [1.165, 1.54) is 5.56 Å². The van der Waals surface area contributed by atoms with Crippen molar-refractivity contribution < 1.29 is 9.53 Å². The molecule has 2 aliphatic heterocycles. The first-order chi connectivity index (χ1) is 14.1. The van der Waals surface area contributed by atoms with Crippen LogP contribution in [-0.2, 0) is 11.3 Å². The number of fused-ring (bicyclic) bond motifs is 2. The van der Waals surface area contributed by atoms with E-state index in [0.29, 0.717) is 24.4 Å². The Hall–Kier alpha value is -2.57. The predicted molar refractivity (Wildman–Crippen MR) is 119 cm³/mol. The molecule has 0 radical (unpaired) electrons. The van der Waals surface area contributed by atoms with Crippen LogP contribution in [0, 0.1) is 11.8 Å². The quantitative estimate of drug-likeness (QED) is 0.642. The number of carbonyl (C=O) groups is 1. The SMILES string of the molecule is COc1ccc([C@@H]2[C@@H]3CN(C(=O)Cn4ncc5ccccc54)C[C@@H]3CN2C)cc1.Cl. The third-order valence-corrected chi connectivity index (χ3v) is 6.54. The number of benzene rings is 2. The van der Waals surface area contributed by atoms with Gasteiger partial charge in [0.25, 0.3) is 0 Å². The van der Waals surface area contributed by atoms with Crippen LogP contribution in [0.2, 0.25) is 0 Å². The molecule has 2 aliphatic rings. The van der Waals surface area contributed by atoms with E-state index in [9.17, 15) is 4.79 Å². The van der Waals surface area contributed by atoms with Gasteiger partial charge in [-0.05, 0) is 36.7 Å². The number of halogens is 1. The van der Waals surface area contributed by atoms with Crippen molar-refractivity contribution in [2.24, 2.45) is 11.8 Å². The van der Waals surface area contributed by atoms with Gasteiger partial charge < -0.3 is 9.64 Å². The Labute approximate surface area is 182 Å². The summed E-state index contributed by atoms with van der Waals surface area (Å²) in [6, 6.07) is 16.7. The van der Waals surface area contributed by atoms with E-state index >= 15 is 0 Å². The first kappa shape index (κ1) is 20.7. The first-order valence-electron chi connectivity index (χ1n) is 10.2. The van der Waals surface area contributed by atoms with Crippen molar-refractivity contribution in [3.63, 3.8) is 0 Å². The third kappa shape index (κ3) is 3.55. The lowest BCUT2D eigenvalue weighted by Crippen LogP contribution is -2.35. The van der Waals surface area contributed by atoms with Crippen molar-refractivity contribution in [2.45, 2.75) is 12.6 Å². The average molecular weight is 427 g/mol. The maximum atomic E-state index is 13.0. The first-order valence-corrected chi connectivity index (χ1v) is 10.2. The molecule has 0 spiro atoms. The van der Waals surface area contributed by atoms with Gasteiger partial charge in [-0.3, -0.25) is 14.4 Å². The summed E-state index contributed by atoms with van der Waals surface area (Å²) < 4.78 is 7.12. The van der Waals surface area contributed by atoms with Crippen molar-refractivity contribution in [3.8, 4) is 5.75 Å². The van der Waals surface area contributed by atoms with Gasteiger partial charge in [0.15, 0.2) is 0 Å². The van der Waals surface area contributed by atoms with Crippen LogP contribution in [0.15, 0.2) is 54.7 Å². The molecule has 0 unspecified atom stereocenters. The van der Waals surface area contributed by atoms with Crippen molar-refractivity contribution in [1.82, 2.24) is 19.6 Å². The molecular formula is C23H27ClN4O2. The molecule has 2 saturated heterocycles. The van der Waals surface area contributed by atoms with E-state index in [4.69, 9.17) is 4.74 Å². The average Bonchev–Trinajstić information content (AvgIpc) is 3.41. The van der Waals surface area contributed by atoms with E-state index < -0.39 is 0 Å². The van der Waals surface area contributed by atoms with Crippen LogP contribution in [0.3, 0.4) is 0 Å². The zero-order valence-corrected chi connectivity index (χ0v) is 18.1. The minimum Gasteiger partial charge on any atom is -0.497 e. The Morgan fingerprint density at radius 1 is 1.10 bits per heavy atom. The highest BCUT2D eigenvalue weighted by atomic mass is 35.5. The van der Waals surface area contributed by atoms with Crippen LogP contribution in [0.25, 0.3) is 10.9 Å². The number of rotatable bonds is 4. The van der Waals surface area contributed by atoms with Crippen LogP contribution in [0.1, 0.15) is 11.6 Å². The summed E-state index contributed by atoms with van der Waals surface area (Å²) in [7, 11) is 3.88.